The second-order valence-electron chi connectivity index (χ2n) is 7.05. The molecule has 1 saturated heterocycles. The van der Waals surface area contributed by atoms with Crippen molar-refractivity contribution in [2.45, 2.75) is 33.1 Å². The van der Waals surface area contributed by atoms with E-state index in [2.05, 4.69) is 71.2 Å². The zero-order valence-electron chi connectivity index (χ0n) is 15.7. The van der Waals surface area contributed by atoms with Gasteiger partial charge in [-0.05, 0) is 24.6 Å². The largest absolute Gasteiger partial charge is 0.357 e. The fraction of sp³-hybridized carbons (Fsp3) is 0.579. The number of rotatable bonds is 4. The first kappa shape index (κ1) is 19.8. The predicted octanol–water partition coefficient (Wildman–Crippen LogP) is 2.86. The van der Waals surface area contributed by atoms with Crippen molar-refractivity contribution in [3.8, 4) is 0 Å². The summed E-state index contributed by atoms with van der Waals surface area (Å²) < 4.78 is 1.09. The van der Waals surface area contributed by atoms with Crippen LogP contribution in [-0.4, -0.2) is 60.9 Å². The van der Waals surface area contributed by atoms with Gasteiger partial charge in [-0.3, -0.25) is 9.79 Å². The molecule has 1 aromatic carbocycles. The van der Waals surface area contributed by atoms with Crippen molar-refractivity contribution in [2.75, 3.05) is 39.3 Å². The first-order valence-electron chi connectivity index (χ1n) is 8.88. The van der Waals surface area contributed by atoms with E-state index in [4.69, 9.17) is 4.99 Å². The van der Waals surface area contributed by atoms with Crippen molar-refractivity contribution in [3.05, 3.63) is 34.3 Å². The number of carbonyl (C=O) groups excluding carboxylic acids is 1. The lowest BCUT2D eigenvalue weighted by Gasteiger charge is -2.36. The number of guanidine groups is 1. The maximum absolute atomic E-state index is 11.5. The van der Waals surface area contributed by atoms with Crippen LogP contribution >= 0.6 is 15.9 Å². The average Bonchev–Trinajstić information content (AvgIpc) is 2.59. The topological polar surface area (TPSA) is 47.9 Å². The predicted molar refractivity (Wildman–Crippen MR) is 107 cm³/mol. The number of halogens is 1. The van der Waals surface area contributed by atoms with Gasteiger partial charge in [-0.15, -0.1) is 0 Å². The number of carbonyl (C=O) groups is 1. The van der Waals surface area contributed by atoms with E-state index in [0.717, 1.165) is 43.2 Å². The van der Waals surface area contributed by atoms with Crippen LogP contribution in [0.4, 0.5) is 0 Å². The molecule has 0 aromatic heterocycles. The minimum Gasteiger partial charge on any atom is -0.357 e. The Hall–Kier alpha value is -1.56. The summed E-state index contributed by atoms with van der Waals surface area (Å²) in [6.07, 6.45) is 0. The SMILES string of the molecule is CCNC(=NCC(C)(C)c1ccc(Br)cc1)N1CCN(C(C)=O)CC1. The summed E-state index contributed by atoms with van der Waals surface area (Å²) in [5.41, 5.74) is 1.24. The summed E-state index contributed by atoms with van der Waals surface area (Å²) >= 11 is 3.49. The Morgan fingerprint density at radius 2 is 1.72 bits per heavy atom. The summed E-state index contributed by atoms with van der Waals surface area (Å²) in [4.78, 5) is 20.5. The number of aliphatic imine (C=N–C) groups is 1. The third-order valence-corrected chi connectivity index (χ3v) is 5.14. The lowest BCUT2D eigenvalue weighted by Crippen LogP contribution is -2.53. The highest BCUT2D eigenvalue weighted by molar-refractivity contribution is 9.10. The number of amides is 1. The molecule has 25 heavy (non-hydrogen) atoms. The average molecular weight is 409 g/mol. The molecule has 138 valence electrons. The van der Waals surface area contributed by atoms with Gasteiger partial charge in [0.1, 0.15) is 0 Å². The maximum Gasteiger partial charge on any atom is 0.219 e. The molecular formula is C19H29BrN4O. The number of hydrogen-bond acceptors (Lipinski definition) is 2. The van der Waals surface area contributed by atoms with Crippen molar-refractivity contribution in [3.63, 3.8) is 0 Å². The molecule has 1 amide bonds. The Kier molecular flexibility index (Phi) is 6.87. The van der Waals surface area contributed by atoms with Crippen LogP contribution in [0, 0.1) is 0 Å². The molecule has 0 spiro atoms. The van der Waals surface area contributed by atoms with Crippen molar-refractivity contribution in [1.82, 2.24) is 15.1 Å². The molecule has 1 aromatic rings. The molecule has 0 saturated carbocycles. The molecule has 0 unspecified atom stereocenters. The number of nitrogens with zero attached hydrogens (tertiary/aromatic N) is 3. The van der Waals surface area contributed by atoms with E-state index >= 15 is 0 Å². The van der Waals surface area contributed by atoms with Crippen LogP contribution in [0.2, 0.25) is 0 Å². The minimum atomic E-state index is -0.0391. The highest BCUT2D eigenvalue weighted by Gasteiger charge is 2.23. The van der Waals surface area contributed by atoms with E-state index in [-0.39, 0.29) is 11.3 Å². The van der Waals surface area contributed by atoms with Gasteiger partial charge in [0.25, 0.3) is 0 Å². The molecule has 1 aliphatic heterocycles. The first-order chi connectivity index (χ1) is 11.8. The fourth-order valence-corrected chi connectivity index (χ4v) is 3.19. The van der Waals surface area contributed by atoms with Gasteiger partial charge in [0.15, 0.2) is 5.96 Å². The zero-order chi connectivity index (χ0) is 18.4. The molecule has 2 rings (SSSR count). The fourth-order valence-electron chi connectivity index (χ4n) is 2.92. The molecule has 1 fully saturated rings. The summed E-state index contributed by atoms with van der Waals surface area (Å²) in [5.74, 6) is 1.09. The third-order valence-electron chi connectivity index (χ3n) is 4.61. The van der Waals surface area contributed by atoms with Crippen LogP contribution in [0.15, 0.2) is 33.7 Å². The van der Waals surface area contributed by atoms with Crippen LogP contribution in [-0.2, 0) is 10.2 Å². The summed E-state index contributed by atoms with van der Waals surface area (Å²) in [6, 6.07) is 8.45. The van der Waals surface area contributed by atoms with E-state index in [9.17, 15) is 4.79 Å². The molecule has 1 heterocycles. The van der Waals surface area contributed by atoms with Crippen molar-refractivity contribution >= 4 is 27.8 Å². The lowest BCUT2D eigenvalue weighted by atomic mass is 9.85. The van der Waals surface area contributed by atoms with Gasteiger partial charge in [-0.2, -0.15) is 0 Å². The highest BCUT2D eigenvalue weighted by Crippen LogP contribution is 2.25. The smallest absolute Gasteiger partial charge is 0.219 e. The minimum absolute atomic E-state index is 0.0391. The van der Waals surface area contributed by atoms with Gasteiger partial charge in [-0.1, -0.05) is 41.9 Å². The van der Waals surface area contributed by atoms with E-state index in [0.29, 0.717) is 6.54 Å². The van der Waals surface area contributed by atoms with Crippen LogP contribution in [0.25, 0.3) is 0 Å². The molecule has 1 aliphatic rings. The molecule has 5 nitrogen and oxygen atoms in total. The van der Waals surface area contributed by atoms with Crippen molar-refractivity contribution in [1.29, 1.82) is 0 Å². The molecular weight excluding hydrogens is 380 g/mol. The molecule has 0 bridgehead atoms. The van der Waals surface area contributed by atoms with Gasteiger partial charge in [0, 0.05) is 49.5 Å². The Labute approximate surface area is 159 Å². The Morgan fingerprint density at radius 1 is 1.16 bits per heavy atom. The van der Waals surface area contributed by atoms with Crippen LogP contribution in [0.5, 0.6) is 0 Å². The van der Waals surface area contributed by atoms with Gasteiger partial charge < -0.3 is 15.1 Å². The van der Waals surface area contributed by atoms with E-state index < -0.39 is 0 Å². The first-order valence-corrected chi connectivity index (χ1v) is 9.67. The van der Waals surface area contributed by atoms with Crippen molar-refractivity contribution < 1.29 is 4.79 Å². The van der Waals surface area contributed by atoms with Crippen molar-refractivity contribution in [2.24, 2.45) is 4.99 Å². The van der Waals surface area contributed by atoms with Gasteiger partial charge in [0.2, 0.25) is 5.91 Å². The van der Waals surface area contributed by atoms with Gasteiger partial charge in [0.05, 0.1) is 6.54 Å². The summed E-state index contributed by atoms with van der Waals surface area (Å²) in [6.45, 7) is 12.9. The highest BCUT2D eigenvalue weighted by atomic mass is 79.9. The second kappa shape index (κ2) is 8.70. The number of nitrogens with one attached hydrogen (secondary N) is 1. The van der Waals surface area contributed by atoms with Crippen LogP contribution in [0.3, 0.4) is 0 Å². The Bertz CT molecular complexity index is 604. The quantitative estimate of drug-likeness (QED) is 0.615. The third kappa shape index (κ3) is 5.46. The van der Waals surface area contributed by atoms with E-state index in [1.807, 2.05) is 4.90 Å². The number of hydrogen-bond donors (Lipinski definition) is 1. The van der Waals surface area contributed by atoms with Crippen LogP contribution < -0.4 is 5.32 Å². The summed E-state index contributed by atoms with van der Waals surface area (Å²) in [7, 11) is 0. The van der Waals surface area contributed by atoms with E-state index in [1.54, 1.807) is 6.92 Å². The number of piperazine rings is 1. The summed E-state index contributed by atoms with van der Waals surface area (Å²) in [5, 5.41) is 3.39. The molecule has 6 heteroatoms. The van der Waals surface area contributed by atoms with Gasteiger partial charge in [-0.25, -0.2) is 0 Å². The van der Waals surface area contributed by atoms with E-state index in [1.165, 1.54) is 5.56 Å². The molecule has 1 N–H and O–H groups in total. The second-order valence-corrected chi connectivity index (χ2v) is 7.97. The monoisotopic (exact) mass is 408 g/mol. The Morgan fingerprint density at radius 3 is 2.24 bits per heavy atom. The molecule has 0 atom stereocenters. The Balaban J connectivity index is 2.06. The zero-order valence-corrected chi connectivity index (χ0v) is 17.3. The van der Waals surface area contributed by atoms with Gasteiger partial charge >= 0.3 is 0 Å². The standard InChI is InChI=1S/C19H29BrN4O/c1-5-21-18(24-12-10-23(11-13-24)15(2)25)22-14-19(3,4)16-6-8-17(20)9-7-16/h6-9H,5,10-14H2,1-4H3,(H,21,22). The van der Waals surface area contributed by atoms with Crippen LogP contribution in [0.1, 0.15) is 33.3 Å². The normalized spacial score (nSPS) is 16.1. The maximum atomic E-state index is 11.5. The molecule has 0 radical (unpaired) electrons. The number of benzene rings is 1. The molecule has 0 aliphatic carbocycles. The lowest BCUT2D eigenvalue weighted by molar-refractivity contribution is -0.130.